The second-order valence-electron chi connectivity index (χ2n) is 7.69. The maximum absolute atomic E-state index is 14.2. The molecule has 0 saturated carbocycles. The van der Waals surface area contributed by atoms with Gasteiger partial charge in [0.25, 0.3) is 5.92 Å². The second-order valence-corrected chi connectivity index (χ2v) is 7.69. The fourth-order valence-electron chi connectivity index (χ4n) is 3.25. The van der Waals surface area contributed by atoms with E-state index in [4.69, 9.17) is 5.11 Å². The van der Waals surface area contributed by atoms with E-state index >= 15 is 0 Å². The number of β-amino-alcohol motifs (C(OH)–C–C–N with tert-alkyl or cyclic N) is 1. The monoisotopic (exact) mass is 391 g/mol. The third-order valence-corrected chi connectivity index (χ3v) is 5.21. The van der Waals surface area contributed by atoms with Gasteiger partial charge in [0.05, 0.1) is 12.1 Å². The summed E-state index contributed by atoms with van der Waals surface area (Å²) >= 11 is 0. The van der Waals surface area contributed by atoms with Crippen molar-refractivity contribution >= 4 is 5.91 Å². The maximum Gasteiger partial charge on any atom is 0.279 e. The number of unbranched alkanes of at least 4 members (excludes halogenated alkanes) is 3. The summed E-state index contributed by atoms with van der Waals surface area (Å²) in [5.41, 5.74) is -2.28. The predicted molar refractivity (Wildman–Crippen MR) is 101 cm³/mol. The Morgan fingerprint density at radius 2 is 2.00 bits per heavy atom. The van der Waals surface area contributed by atoms with Crippen LogP contribution in [0.15, 0.2) is 12.2 Å². The van der Waals surface area contributed by atoms with Crippen LogP contribution in [0.2, 0.25) is 0 Å². The number of aliphatic hydroxyl groups excluding tert-OH is 2. The number of hydrogen-bond acceptors (Lipinski definition) is 4. The highest BCUT2D eigenvalue weighted by atomic mass is 19.3. The molecule has 1 heterocycles. The van der Waals surface area contributed by atoms with Gasteiger partial charge in [-0.2, -0.15) is 0 Å². The smallest absolute Gasteiger partial charge is 0.279 e. The first-order valence-electron chi connectivity index (χ1n) is 10.0. The number of carbonyl (C=O) groups excluding carboxylic acids is 1. The van der Waals surface area contributed by atoms with Gasteiger partial charge in [-0.25, -0.2) is 8.78 Å². The van der Waals surface area contributed by atoms with Crippen LogP contribution in [0.25, 0.3) is 0 Å². The number of amides is 1. The zero-order valence-corrected chi connectivity index (χ0v) is 16.5. The Kier molecular flexibility index (Phi) is 9.84. The van der Waals surface area contributed by atoms with E-state index < -0.39 is 23.7 Å². The van der Waals surface area contributed by atoms with Gasteiger partial charge in [0, 0.05) is 26.0 Å². The van der Waals surface area contributed by atoms with Crippen LogP contribution >= 0.6 is 0 Å². The number of aliphatic hydroxyl groups is 3. The number of rotatable bonds is 13. The standard InChI is InChI=1S/C20H35F2NO4/c1-3-4-12-20(21,22)19(2,27)13-11-16-9-10-18(26)23(16)15-17(25)8-6-5-7-14-24/h11,13,16-17,24-25,27H,3-10,12,14-15H2,1-2H3/b13-11+. The minimum absolute atomic E-state index is 0.114. The summed E-state index contributed by atoms with van der Waals surface area (Å²) in [6.45, 7) is 3.19. The van der Waals surface area contributed by atoms with Gasteiger partial charge < -0.3 is 20.2 Å². The van der Waals surface area contributed by atoms with Crippen molar-refractivity contribution in [2.24, 2.45) is 0 Å². The molecule has 0 aliphatic carbocycles. The summed E-state index contributed by atoms with van der Waals surface area (Å²) in [5.74, 6) is -3.35. The van der Waals surface area contributed by atoms with E-state index in [-0.39, 0.29) is 25.5 Å². The molecule has 0 aromatic heterocycles. The lowest BCUT2D eigenvalue weighted by molar-refractivity contribution is -0.150. The SMILES string of the molecule is CCCCC(F)(F)C(C)(O)/C=C/C1CCC(=O)N1CC(O)CCCCCO. The third-order valence-electron chi connectivity index (χ3n) is 5.21. The average Bonchev–Trinajstić information content (AvgIpc) is 2.95. The Morgan fingerprint density at radius 3 is 2.63 bits per heavy atom. The van der Waals surface area contributed by atoms with Crippen molar-refractivity contribution in [2.75, 3.05) is 13.2 Å². The molecule has 1 aliphatic rings. The molecule has 0 spiro atoms. The van der Waals surface area contributed by atoms with Gasteiger partial charge in [-0.05, 0) is 38.7 Å². The quantitative estimate of drug-likeness (QED) is 0.333. The zero-order chi connectivity index (χ0) is 20.5. The predicted octanol–water partition coefficient (Wildman–Crippen LogP) is 3.02. The summed E-state index contributed by atoms with van der Waals surface area (Å²) in [4.78, 5) is 13.6. The second kappa shape index (κ2) is 11.1. The molecule has 1 aliphatic heterocycles. The number of hydrogen-bond donors (Lipinski definition) is 3. The molecule has 0 radical (unpaired) electrons. The van der Waals surface area contributed by atoms with Crippen LogP contribution in [0.1, 0.15) is 71.6 Å². The molecule has 3 unspecified atom stereocenters. The van der Waals surface area contributed by atoms with E-state index in [0.717, 1.165) is 25.8 Å². The van der Waals surface area contributed by atoms with Crippen LogP contribution in [0.4, 0.5) is 8.78 Å². The van der Waals surface area contributed by atoms with Gasteiger partial charge in [-0.15, -0.1) is 0 Å². The summed E-state index contributed by atoms with van der Waals surface area (Å²) in [5, 5.41) is 29.1. The lowest BCUT2D eigenvalue weighted by Gasteiger charge is -2.31. The van der Waals surface area contributed by atoms with Gasteiger partial charge in [0.2, 0.25) is 5.91 Å². The highest BCUT2D eigenvalue weighted by Gasteiger charge is 2.46. The molecule has 0 bridgehead atoms. The largest absolute Gasteiger partial charge is 0.396 e. The van der Waals surface area contributed by atoms with E-state index in [0.29, 0.717) is 38.5 Å². The van der Waals surface area contributed by atoms with Gasteiger partial charge in [-0.1, -0.05) is 32.3 Å². The van der Waals surface area contributed by atoms with E-state index in [1.165, 1.54) is 11.0 Å². The fourth-order valence-corrected chi connectivity index (χ4v) is 3.25. The molecule has 1 saturated heterocycles. The first-order valence-corrected chi connectivity index (χ1v) is 10.0. The van der Waals surface area contributed by atoms with Gasteiger partial charge >= 0.3 is 0 Å². The van der Waals surface area contributed by atoms with Crippen LogP contribution in [-0.4, -0.2) is 62.9 Å². The Hall–Kier alpha value is -1.05. The molecule has 27 heavy (non-hydrogen) atoms. The maximum atomic E-state index is 14.2. The number of nitrogens with zero attached hydrogens (tertiary/aromatic N) is 1. The third kappa shape index (κ3) is 7.47. The molecular weight excluding hydrogens is 356 g/mol. The summed E-state index contributed by atoms with van der Waals surface area (Å²) in [6.07, 6.45) is 6.01. The van der Waals surface area contributed by atoms with Crippen molar-refractivity contribution in [1.82, 2.24) is 4.90 Å². The number of alkyl halides is 2. The molecule has 1 rings (SSSR count). The molecule has 3 N–H and O–H groups in total. The highest BCUT2D eigenvalue weighted by molar-refractivity contribution is 5.79. The zero-order valence-electron chi connectivity index (χ0n) is 16.5. The van der Waals surface area contributed by atoms with Crippen molar-refractivity contribution in [3.63, 3.8) is 0 Å². The summed E-state index contributed by atoms with van der Waals surface area (Å²) in [6, 6.07) is -0.391. The Labute approximate surface area is 161 Å². The first kappa shape index (κ1) is 24.0. The van der Waals surface area contributed by atoms with Crippen molar-refractivity contribution < 1.29 is 28.9 Å². The van der Waals surface area contributed by atoms with E-state index in [9.17, 15) is 23.8 Å². The Morgan fingerprint density at radius 1 is 1.30 bits per heavy atom. The average molecular weight is 391 g/mol. The van der Waals surface area contributed by atoms with E-state index in [1.54, 1.807) is 0 Å². The highest BCUT2D eigenvalue weighted by Crippen LogP contribution is 2.35. The summed E-state index contributed by atoms with van der Waals surface area (Å²) < 4.78 is 28.4. The van der Waals surface area contributed by atoms with Crippen molar-refractivity contribution in [3.05, 3.63) is 12.2 Å². The molecule has 1 amide bonds. The normalized spacial score (nSPS) is 21.8. The minimum atomic E-state index is -3.24. The minimum Gasteiger partial charge on any atom is -0.396 e. The summed E-state index contributed by atoms with van der Waals surface area (Å²) in [7, 11) is 0. The lowest BCUT2D eigenvalue weighted by atomic mass is 9.92. The number of carbonyl (C=O) groups is 1. The van der Waals surface area contributed by atoms with Gasteiger partial charge in [-0.3, -0.25) is 4.79 Å². The molecule has 5 nitrogen and oxygen atoms in total. The first-order chi connectivity index (χ1) is 12.6. The van der Waals surface area contributed by atoms with Crippen LogP contribution in [0.3, 0.4) is 0 Å². The van der Waals surface area contributed by atoms with E-state index in [1.807, 2.05) is 6.92 Å². The van der Waals surface area contributed by atoms with Crippen LogP contribution in [0, 0.1) is 0 Å². The number of halogens is 2. The van der Waals surface area contributed by atoms with Crippen LogP contribution < -0.4 is 0 Å². The van der Waals surface area contributed by atoms with Crippen molar-refractivity contribution in [2.45, 2.75) is 95.3 Å². The molecular formula is C20H35F2NO4. The molecule has 3 atom stereocenters. The Balaban J connectivity index is 2.66. The fraction of sp³-hybridized carbons (Fsp3) is 0.850. The molecule has 7 heteroatoms. The lowest BCUT2D eigenvalue weighted by Crippen LogP contribution is -2.44. The molecule has 1 fully saturated rings. The Bertz CT molecular complexity index is 483. The molecule has 0 aromatic rings. The van der Waals surface area contributed by atoms with Crippen LogP contribution in [0.5, 0.6) is 0 Å². The topological polar surface area (TPSA) is 81.0 Å². The number of likely N-dealkylation sites (tertiary alicyclic amines) is 1. The van der Waals surface area contributed by atoms with Crippen molar-refractivity contribution in [3.8, 4) is 0 Å². The molecule has 0 aromatic carbocycles. The van der Waals surface area contributed by atoms with Gasteiger partial charge in [0.15, 0.2) is 0 Å². The van der Waals surface area contributed by atoms with Crippen LogP contribution in [-0.2, 0) is 4.79 Å². The van der Waals surface area contributed by atoms with Gasteiger partial charge in [0.1, 0.15) is 5.60 Å². The van der Waals surface area contributed by atoms with E-state index in [2.05, 4.69) is 0 Å². The molecule has 158 valence electrons. The van der Waals surface area contributed by atoms with Crippen molar-refractivity contribution in [1.29, 1.82) is 0 Å².